The van der Waals surface area contributed by atoms with Crippen LogP contribution in [0.5, 0.6) is 0 Å². The lowest BCUT2D eigenvalue weighted by molar-refractivity contribution is -0.119. The van der Waals surface area contributed by atoms with E-state index in [0.29, 0.717) is 18.7 Å². The first kappa shape index (κ1) is 22.7. The number of hydrogen-bond donors (Lipinski definition) is 2. The summed E-state index contributed by atoms with van der Waals surface area (Å²) >= 11 is 0. The van der Waals surface area contributed by atoms with Gasteiger partial charge in [0.1, 0.15) is 5.69 Å². The van der Waals surface area contributed by atoms with Crippen molar-refractivity contribution >= 4 is 28.5 Å². The molecule has 0 unspecified atom stereocenters. The van der Waals surface area contributed by atoms with Gasteiger partial charge >= 0.3 is 0 Å². The molecule has 7 nitrogen and oxygen atoms in total. The number of halogens is 3. The smallest absolute Gasteiger partial charge is 0.270 e. The number of aromatic nitrogens is 3. The summed E-state index contributed by atoms with van der Waals surface area (Å²) in [6, 6.07) is 8.84. The molecule has 35 heavy (non-hydrogen) atoms. The summed E-state index contributed by atoms with van der Waals surface area (Å²) in [5.74, 6) is -5.67. The van der Waals surface area contributed by atoms with Gasteiger partial charge in [0.2, 0.25) is 5.91 Å². The topological polar surface area (TPSA) is 83.0 Å². The summed E-state index contributed by atoms with van der Waals surface area (Å²) in [6.45, 7) is 2.49. The highest BCUT2D eigenvalue weighted by molar-refractivity contribution is 5.98. The third-order valence-electron chi connectivity index (χ3n) is 6.53. The molecule has 0 saturated carbocycles. The number of nitrogens with one attached hydrogen (secondary N) is 2. The van der Waals surface area contributed by atoms with Gasteiger partial charge in [-0.05, 0) is 37.6 Å². The molecule has 4 aromatic rings. The molecule has 3 aromatic heterocycles. The summed E-state index contributed by atoms with van der Waals surface area (Å²) in [5, 5.41) is 2.40. The van der Waals surface area contributed by atoms with E-state index in [9.17, 15) is 22.8 Å². The standard InChI is InChI=1S/C25H22F3N5O2/c1-13-21(23-20(32(13)2)4-3-8-29-23)18-5-6-19(31-18)25(35)33-9-7-14(12-33)24(34)30-15-10-16(26)22(28)17(27)11-15/h3-6,8,10-11,14,31H,7,9,12H2,1-2H3,(H,30,34)/t14-/m0/s1. The third kappa shape index (κ3) is 3.94. The fourth-order valence-electron chi connectivity index (χ4n) is 4.57. The van der Waals surface area contributed by atoms with Gasteiger partial charge in [0.05, 0.1) is 17.0 Å². The minimum absolute atomic E-state index is 0.153. The highest BCUT2D eigenvalue weighted by Crippen LogP contribution is 2.32. The van der Waals surface area contributed by atoms with Gasteiger partial charge < -0.3 is 19.8 Å². The Bertz CT molecular complexity index is 1450. The zero-order valence-electron chi connectivity index (χ0n) is 19.0. The average Bonchev–Trinajstić information content (AvgIpc) is 3.57. The molecule has 4 heterocycles. The Hall–Kier alpha value is -4.08. The van der Waals surface area contributed by atoms with Gasteiger partial charge in [0.15, 0.2) is 17.5 Å². The molecular formula is C25H22F3N5O2. The van der Waals surface area contributed by atoms with Crippen LogP contribution in [0.2, 0.25) is 0 Å². The van der Waals surface area contributed by atoms with Crippen molar-refractivity contribution in [3.8, 4) is 11.3 Å². The number of hydrogen-bond acceptors (Lipinski definition) is 3. The number of benzene rings is 1. The maximum Gasteiger partial charge on any atom is 0.270 e. The normalized spacial score (nSPS) is 15.7. The molecule has 10 heteroatoms. The van der Waals surface area contributed by atoms with E-state index >= 15 is 0 Å². The molecule has 5 rings (SSSR count). The van der Waals surface area contributed by atoms with Gasteiger partial charge in [0, 0.05) is 61.1 Å². The minimum Gasteiger partial charge on any atom is -0.350 e. The summed E-state index contributed by atoms with van der Waals surface area (Å²) in [5.41, 5.74) is 4.71. The number of aromatic amines is 1. The number of anilines is 1. The number of aryl methyl sites for hydroxylation is 1. The van der Waals surface area contributed by atoms with Crippen molar-refractivity contribution in [3.05, 3.63) is 71.4 Å². The van der Waals surface area contributed by atoms with Crippen molar-refractivity contribution in [3.63, 3.8) is 0 Å². The molecule has 1 aliphatic rings. The minimum atomic E-state index is -1.60. The molecule has 2 N–H and O–H groups in total. The molecule has 0 spiro atoms. The van der Waals surface area contributed by atoms with Crippen LogP contribution in [0.25, 0.3) is 22.3 Å². The van der Waals surface area contributed by atoms with Crippen molar-refractivity contribution in [2.24, 2.45) is 13.0 Å². The van der Waals surface area contributed by atoms with E-state index < -0.39 is 29.3 Å². The van der Waals surface area contributed by atoms with Crippen LogP contribution in [0.3, 0.4) is 0 Å². The fraction of sp³-hybridized carbons (Fsp3) is 0.240. The van der Waals surface area contributed by atoms with Crippen molar-refractivity contribution in [1.82, 2.24) is 19.4 Å². The number of carbonyl (C=O) groups excluding carboxylic acids is 2. The molecule has 1 atom stereocenters. The van der Waals surface area contributed by atoms with Gasteiger partial charge in [-0.25, -0.2) is 13.2 Å². The Kier molecular flexibility index (Phi) is 5.58. The number of rotatable bonds is 4. The first-order valence-corrected chi connectivity index (χ1v) is 11.1. The van der Waals surface area contributed by atoms with Crippen LogP contribution in [0.15, 0.2) is 42.6 Å². The maximum absolute atomic E-state index is 13.4. The number of H-pyrrole nitrogens is 1. The molecule has 180 valence electrons. The molecule has 1 saturated heterocycles. The Morgan fingerprint density at radius 1 is 1.14 bits per heavy atom. The number of fused-ring (bicyclic) bond motifs is 1. The van der Waals surface area contributed by atoms with Gasteiger partial charge in [-0.2, -0.15) is 0 Å². The molecule has 0 aliphatic carbocycles. The first-order valence-electron chi connectivity index (χ1n) is 11.1. The van der Waals surface area contributed by atoms with E-state index in [2.05, 4.69) is 15.3 Å². The zero-order chi connectivity index (χ0) is 24.9. The van der Waals surface area contributed by atoms with E-state index in [1.54, 1.807) is 17.2 Å². The molecule has 1 fully saturated rings. The average molecular weight is 481 g/mol. The van der Waals surface area contributed by atoms with Crippen molar-refractivity contribution in [1.29, 1.82) is 0 Å². The zero-order valence-corrected chi connectivity index (χ0v) is 19.0. The third-order valence-corrected chi connectivity index (χ3v) is 6.53. The first-order chi connectivity index (χ1) is 16.7. The van der Waals surface area contributed by atoms with Crippen LogP contribution in [-0.4, -0.2) is 44.3 Å². The predicted octanol–water partition coefficient (Wildman–Crippen LogP) is 4.39. The van der Waals surface area contributed by atoms with Gasteiger partial charge in [-0.15, -0.1) is 0 Å². The molecule has 0 radical (unpaired) electrons. The number of amides is 2. The summed E-state index contributed by atoms with van der Waals surface area (Å²) in [7, 11) is 1.96. The van der Waals surface area contributed by atoms with Crippen LogP contribution < -0.4 is 5.32 Å². The second-order valence-electron chi connectivity index (χ2n) is 8.66. The van der Waals surface area contributed by atoms with Crippen LogP contribution in [0.4, 0.5) is 18.9 Å². The Balaban J connectivity index is 1.30. The highest BCUT2D eigenvalue weighted by atomic mass is 19.2. The van der Waals surface area contributed by atoms with Crippen molar-refractivity contribution in [2.75, 3.05) is 18.4 Å². The molecule has 2 amide bonds. The summed E-state index contributed by atoms with van der Waals surface area (Å²) in [6.07, 6.45) is 2.12. The summed E-state index contributed by atoms with van der Waals surface area (Å²) < 4.78 is 42.1. The van der Waals surface area contributed by atoms with Crippen molar-refractivity contribution < 1.29 is 22.8 Å². The Morgan fingerprint density at radius 3 is 2.63 bits per heavy atom. The van der Waals surface area contributed by atoms with Crippen molar-refractivity contribution in [2.45, 2.75) is 13.3 Å². The van der Waals surface area contributed by atoms with Crippen LogP contribution in [0.1, 0.15) is 22.6 Å². The molecular weight excluding hydrogens is 459 g/mol. The lowest BCUT2D eigenvalue weighted by Gasteiger charge is -2.16. The van der Waals surface area contributed by atoms with E-state index in [-0.39, 0.29) is 18.1 Å². The molecule has 1 aliphatic heterocycles. The van der Waals surface area contributed by atoms with Crippen LogP contribution in [-0.2, 0) is 11.8 Å². The predicted molar refractivity (Wildman–Crippen MR) is 124 cm³/mol. The largest absolute Gasteiger partial charge is 0.350 e. The lowest BCUT2D eigenvalue weighted by Crippen LogP contribution is -2.31. The van der Waals surface area contributed by atoms with E-state index in [1.165, 1.54) is 0 Å². The van der Waals surface area contributed by atoms with Gasteiger partial charge in [-0.1, -0.05) is 0 Å². The number of nitrogens with zero attached hydrogens (tertiary/aromatic N) is 3. The van der Waals surface area contributed by atoms with E-state index in [4.69, 9.17) is 0 Å². The second-order valence-corrected chi connectivity index (χ2v) is 8.66. The SMILES string of the molecule is Cc1c(-c2ccc(C(=O)N3CC[C@H](C(=O)Nc4cc(F)c(F)c(F)c4)C3)[nH]2)c2ncccc2n1C. The van der Waals surface area contributed by atoms with Gasteiger partial charge in [0.25, 0.3) is 5.91 Å². The summed E-state index contributed by atoms with van der Waals surface area (Å²) in [4.78, 5) is 34.9. The second kappa shape index (κ2) is 8.61. The fourth-order valence-corrected chi connectivity index (χ4v) is 4.57. The molecule has 1 aromatic carbocycles. The van der Waals surface area contributed by atoms with Crippen LogP contribution in [0, 0.1) is 30.3 Å². The number of pyridine rings is 1. The van der Waals surface area contributed by atoms with Gasteiger partial charge in [-0.3, -0.25) is 14.6 Å². The Morgan fingerprint density at radius 2 is 1.89 bits per heavy atom. The quantitative estimate of drug-likeness (QED) is 0.424. The van der Waals surface area contributed by atoms with Crippen LogP contribution >= 0.6 is 0 Å². The number of likely N-dealkylation sites (tertiary alicyclic amines) is 1. The van der Waals surface area contributed by atoms with E-state index in [1.807, 2.05) is 36.7 Å². The monoisotopic (exact) mass is 481 g/mol. The molecule has 0 bridgehead atoms. The maximum atomic E-state index is 13.4. The number of carbonyl (C=O) groups is 2. The lowest BCUT2D eigenvalue weighted by atomic mass is 10.1. The van der Waals surface area contributed by atoms with E-state index in [0.717, 1.165) is 40.1 Å². The Labute approximate surface area is 198 Å². The highest BCUT2D eigenvalue weighted by Gasteiger charge is 2.32.